The van der Waals surface area contributed by atoms with Gasteiger partial charge in [-0.2, -0.15) is 0 Å². The van der Waals surface area contributed by atoms with Crippen LogP contribution in [0.15, 0.2) is 42.7 Å². The van der Waals surface area contributed by atoms with Gasteiger partial charge in [-0.1, -0.05) is 17.7 Å². The largest absolute Gasteiger partial charge is 0.495 e. The number of nitrogens with zero attached hydrogens (tertiary/aromatic N) is 2. The molecule has 1 aromatic heterocycles. The Morgan fingerprint density at radius 1 is 1.42 bits per heavy atom. The van der Waals surface area contributed by atoms with Crippen molar-refractivity contribution in [1.29, 1.82) is 0 Å². The minimum atomic E-state index is -0.223. The maximum absolute atomic E-state index is 12.3. The molecule has 7 heteroatoms. The van der Waals surface area contributed by atoms with Crippen molar-refractivity contribution in [3.63, 3.8) is 0 Å². The average molecular weight is 375 g/mol. The highest BCUT2D eigenvalue weighted by atomic mass is 35.5. The number of likely N-dealkylation sites (tertiary alicyclic amines) is 1. The average Bonchev–Trinajstić information content (AvgIpc) is 2.63. The fourth-order valence-corrected chi connectivity index (χ4v) is 3.42. The molecular weight excluding hydrogens is 352 g/mol. The molecule has 0 radical (unpaired) electrons. The van der Waals surface area contributed by atoms with E-state index in [1.165, 1.54) is 5.56 Å². The van der Waals surface area contributed by atoms with Gasteiger partial charge in [-0.3, -0.25) is 9.88 Å². The molecule has 2 N–H and O–H groups in total. The summed E-state index contributed by atoms with van der Waals surface area (Å²) in [5.74, 6) is 0.580. The Morgan fingerprint density at radius 2 is 2.31 bits per heavy atom. The minimum Gasteiger partial charge on any atom is -0.495 e. The fraction of sp³-hybridized carbons (Fsp3) is 0.368. The van der Waals surface area contributed by atoms with E-state index in [-0.39, 0.29) is 12.1 Å². The lowest BCUT2D eigenvalue weighted by Crippen LogP contribution is -2.48. The van der Waals surface area contributed by atoms with Gasteiger partial charge in [-0.05, 0) is 49.2 Å². The van der Waals surface area contributed by atoms with Crippen LogP contribution in [-0.4, -0.2) is 42.2 Å². The van der Waals surface area contributed by atoms with Crippen LogP contribution in [0.25, 0.3) is 0 Å². The Balaban J connectivity index is 1.51. The highest BCUT2D eigenvalue weighted by molar-refractivity contribution is 6.32. The van der Waals surface area contributed by atoms with Gasteiger partial charge < -0.3 is 15.4 Å². The first-order chi connectivity index (χ1) is 12.6. The van der Waals surface area contributed by atoms with Gasteiger partial charge in [0, 0.05) is 37.2 Å². The van der Waals surface area contributed by atoms with Gasteiger partial charge in [0.05, 0.1) is 12.1 Å². The van der Waals surface area contributed by atoms with Crippen molar-refractivity contribution in [2.45, 2.75) is 25.4 Å². The molecule has 1 saturated heterocycles. The van der Waals surface area contributed by atoms with Gasteiger partial charge in [0.25, 0.3) is 0 Å². The number of aromatic nitrogens is 1. The number of pyridine rings is 1. The number of halogens is 1. The highest BCUT2D eigenvalue weighted by Gasteiger charge is 2.21. The lowest BCUT2D eigenvalue weighted by atomic mass is 10.1. The van der Waals surface area contributed by atoms with Crippen LogP contribution in [0.4, 0.5) is 10.5 Å². The summed E-state index contributed by atoms with van der Waals surface area (Å²) >= 11 is 6.09. The number of hydrogen-bond donors (Lipinski definition) is 2. The van der Waals surface area contributed by atoms with E-state index in [9.17, 15) is 4.79 Å². The number of carbonyl (C=O) groups is 1. The van der Waals surface area contributed by atoms with Gasteiger partial charge in [-0.15, -0.1) is 0 Å². The lowest BCUT2D eigenvalue weighted by Gasteiger charge is -2.33. The third-order valence-corrected chi connectivity index (χ3v) is 4.67. The topological polar surface area (TPSA) is 66.5 Å². The van der Waals surface area contributed by atoms with Crippen molar-refractivity contribution in [3.8, 4) is 5.75 Å². The molecule has 3 rings (SSSR count). The standard InChI is InChI=1S/C19H23ClN4O2/c1-26-18-7-6-15(10-17(18)20)22-19(25)23-16-5-3-9-24(13-16)12-14-4-2-8-21-11-14/h2,4,6-8,10-11,16H,3,5,9,12-13H2,1H3,(H2,22,23,25)/t16-/m0/s1. The predicted octanol–water partition coefficient (Wildman–Crippen LogP) is 3.53. The molecule has 138 valence electrons. The van der Waals surface area contributed by atoms with Gasteiger partial charge in [-0.25, -0.2) is 4.79 Å². The summed E-state index contributed by atoms with van der Waals surface area (Å²) < 4.78 is 5.12. The molecule has 1 atom stereocenters. The molecule has 1 aliphatic heterocycles. The lowest BCUT2D eigenvalue weighted by molar-refractivity contribution is 0.183. The second kappa shape index (κ2) is 8.87. The fourth-order valence-electron chi connectivity index (χ4n) is 3.16. The number of carbonyl (C=O) groups excluding carboxylic acids is 1. The van der Waals surface area contributed by atoms with Crippen LogP contribution in [0.2, 0.25) is 5.02 Å². The third kappa shape index (κ3) is 5.09. The number of methoxy groups -OCH3 is 1. The maximum atomic E-state index is 12.3. The zero-order chi connectivity index (χ0) is 18.4. The van der Waals surface area contributed by atoms with Crippen molar-refractivity contribution >= 4 is 23.3 Å². The predicted molar refractivity (Wildman–Crippen MR) is 103 cm³/mol. The molecule has 1 fully saturated rings. The number of rotatable bonds is 5. The smallest absolute Gasteiger partial charge is 0.319 e. The van der Waals surface area contributed by atoms with E-state index in [1.807, 2.05) is 12.3 Å². The van der Waals surface area contributed by atoms with Crippen molar-refractivity contribution in [3.05, 3.63) is 53.3 Å². The summed E-state index contributed by atoms with van der Waals surface area (Å²) in [6, 6.07) is 9.09. The summed E-state index contributed by atoms with van der Waals surface area (Å²) in [5, 5.41) is 6.34. The maximum Gasteiger partial charge on any atom is 0.319 e. The molecule has 0 unspecified atom stereocenters. The Bertz CT molecular complexity index is 742. The number of urea groups is 1. The SMILES string of the molecule is COc1ccc(NC(=O)N[C@H]2CCCN(Cc3cccnc3)C2)cc1Cl. The molecule has 2 aromatic rings. The second-order valence-electron chi connectivity index (χ2n) is 6.38. The molecule has 0 spiro atoms. The zero-order valence-corrected chi connectivity index (χ0v) is 15.5. The summed E-state index contributed by atoms with van der Waals surface area (Å²) in [7, 11) is 1.56. The van der Waals surface area contributed by atoms with Crippen molar-refractivity contribution in [2.24, 2.45) is 0 Å². The van der Waals surface area contributed by atoms with Crippen LogP contribution >= 0.6 is 11.6 Å². The summed E-state index contributed by atoms with van der Waals surface area (Å²) in [6.45, 7) is 2.70. The van der Waals surface area contributed by atoms with Crippen molar-refractivity contribution < 1.29 is 9.53 Å². The van der Waals surface area contributed by atoms with Crippen LogP contribution in [0.5, 0.6) is 5.75 Å². The molecule has 1 aliphatic rings. The molecule has 6 nitrogen and oxygen atoms in total. The van der Waals surface area contributed by atoms with Crippen LogP contribution in [0.3, 0.4) is 0 Å². The first-order valence-corrected chi connectivity index (χ1v) is 9.04. The number of benzene rings is 1. The first-order valence-electron chi connectivity index (χ1n) is 8.66. The Labute approximate surface area is 158 Å². The van der Waals surface area contributed by atoms with E-state index in [4.69, 9.17) is 16.3 Å². The number of hydrogen-bond acceptors (Lipinski definition) is 4. The quantitative estimate of drug-likeness (QED) is 0.840. The Morgan fingerprint density at radius 3 is 3.04 bits per heavy atom. The molecule has 1 aromatic carbocycles. The van der Waals surface area contributed by atoms with Crippen LogP contribution in [0, 0.1) is 0 Å². The second-order valence-corrected chi connectivity index (χ2v) is 6.79. The third-order valence-electron chi connectivity index (χ3n) is 4.38. The van der Waals surface area contributed by atoms with Crippen LogP contribution in [-0.2, 0) is 6.54 Å². The van der Waals surface area contributed by atoms with Gasteiger partial charge in [0.1, 0.15) is 5.75 Å². The Kier molecular flexibility index (Phi) is 6.30. The molecule has 0 saturated carbocycles. The van der Waals surface area contributed by atoms with Gasteiger partial charge in [0.2, 0.25) is 0 Å². The summed E-state index contributed by atoms with van der Waals surface area (Å²) in [5.41, 5.74) is 1.82. The van der Waals surface area contributed by atoms with E-state index in [0.29, 0.717) is 16.5 Å². The molecule has 0 aliphatic carbocycles. The van der Waals surface area contributed by atoms with Crippen molar-refractivity contribution in [2.75, 3.05) is 25.5 Å². The summed E-state index contributed by atoms with van der Waals surface area (Å²) in [6.07, 6.45) is 5.69. The minimum absolute atomic E-state index is 0.120. The van der Waals surface area contributed by atoms with Gasteiger partial charge >= 0.3 is 6.03 Å². The molecular formula is C19H23ClN4O2. The zero-order valence-electron chi connectivity index (χ0n) is 14.7. The Hall–Kier alpha value is -2.31. The number of nitrogens with one attached hydrogen (secondary N) is 2. The van der Waals surface area contributed by atoms with E-state index in [1.54, 1.807) is 31.5 Å². The van der Waals surface area contributed by atoms with E-state index < -0.39 is 0 Å². The first kappa shape index (κ1) is 18.5. The molecule has 0 bridgehead atoms. The molecule has 2 heterocycles. The van der Waals surface area contributed by atoms with Gasteiger partial charge in [0.15, 0.2) is 0 Å². The van der Waals surface area contributed by atoms with Crippen molar-refractivity contribution in [1.82, 2.24) is 15.2 Å². The number of ether oxygens (including phenoxy) is 1. The summed E-state index contributed by atoms with van der Waals surface area (Å²) in [4.78, 5) is 18.8. The monoisotopic (exact) mass is 374 g/mol. The van der Waals surface area contributed by atoms with E-state index >= 15 is 0 Å². The van der Waals surface area contributed by atoms with E-state index in [2.05, 4.69) is 26.6 Å². The number of anilines is 1. The number of amides is 2. The van der Waals surface area contributed by atoms with E-state index in [0.717, 1.165) is 32.5 Å². The molecule has 26 heavy (non-hydrogen) atoms. The van der Waals surface area contributed by atoms with Crippen LogP contribution < -0.4 is 15.4 Å². The number of piperidine rings is 1. The highest BCUT2D eigenvalue weighted by Crippen LogP contribution is 2.27. The molecule has 2 amide bonds. The van der Waals surface area contributed by atoms with Crippen LogP contribution in [0.1, 0.15) is 18.4 Å². The normalized spacial score (nSPS) is 17.5.